The third-order valence-electron chi connectivity index (χ3n) is 3.37. The Kier molecular flexibility index (Phi) is 6.32. The van der Waals surface area contributed by atoms with Gasteiger partial charge in [-0.3, -0.25) is 4.90 Å². The molecule has 16 heavy (non-hydrogen) atoms. The minimum atomic E-state index is -4.65. The predicted molar refractivity (Wildman–Crippen MR) is 54.7 cm³/mol. The van der Waals surface area contributed by atoms with Crippen LogP contribution >= 0.6 is 0 Å². The summed E-state index contributed by atoms with van der Waals surface area (Å²) >= 11 is 0. The van der Waals surface area contributed by atoms with Gasteiger partial charge in [0.25, 0.3) is 0 Å². The van der Waals surface area contributed by atoms with Gasteiger partial charge in [0.1, 0.15) is 0 Å². The second-order valence-electron chi connectivity index (χ2n) is 4.66. The Balaban J connectivity index is 0.00000128. The van der Waals surface area contributed by atoms with E-state index in [0.29, 0.717) is 19.1 Å². The molecule has 0 radical (unpaired) electrons. The van der Waals surface area contributed by atoms with E-state index in [1.54, 1.807) is 4.90 Å². The maximum atomic E-state index is 12.2. The van der Waals surface area contributed by atoms with Gasteiger partial charge in [-0.05, 0) is 45.3 Å². The first-order chi connectivity index (χ1) is 7.04. The van der Waals surface area contributed by atoms with Crippen molar-refractivity contribution in [2.24, 2.45) is 0 Å². The van der Waals surface area contributed by atoms with Crippen molar-refractivity contribution in [2.45, 2.75) is 25.3 Å². The van der Waals surface area contributed by atoms with Gasteiger partial charge in [-0.25, -0.2) is 0 Å². The molecular formula is C9H17BF3KN2. The molecule has 2 aliphatic heterocycles. The van der Waals surface area contributed by atoms with Gasteiger partial charge in [0.05, 0.1) is 0 Å². The molecule has 2 aliphatic rings. The molecule has 0 aromatic heterocycles. The molecule has 2 saturated heterocycles. The topological polar surface area (TPSA) is 6.48 Å². The van der Waals surface area contributed by atoms with Crippen LogP contribution in [-0.2, 0) is 0 Å². The van der Waals surface area contributed by atoms with Gasteiger partial charge >= 0.3 is 58.4 Å². The van der Waals surface area contributed by atoms with Crippen LogP contribution in [0.1, 0.15) is 19.3 Å². The first-order valence-corrected chi connectivity index (χ1v) is 5.72. The van der Waals surface area contributed by atoms with Crippen molar-refractivity contribution in [1.82, 2.24) is 9.80 Å². The van der Waals surface area contributed by atoms with Crippen LogP contribution in [-0.4, -0.2) is 55.4 Å². The fourth-order valence-electron chi connectivity index (χ4n) is 2.68. The molecule has 0 aromatic rings. The average molecular weight is 260 g/mol. The molecule has 1 unspecified atom stereocenters. The van der Waals surface area contributed by atoms with E-state index in [-0.39, 0.29) is 51.4 Å². The first kappa shape index (κ1) is 15.5. The largest absolute Gasteiger partial charge is 1.00 e. The maximum absolute atomic E-state index is 12.2. The van der Waals surface area contributed by atoms with Crippen LogP contribution in [0, 0.1) is 0 Å². The third kappa shape index (κ3) is 4.59. The average Bonchev–Trinajstić information content (AvgIpc) is 2.68. The zero-order chi connectivity index (χ0) is 10.9. The molecule has 0 bridgehead atoms. The van der Waals surface area contributed by atoms with Crippen molar-refractivity contribution >= 4 is 6.98 Å². The molecule has 88 valence electrons. The summed E-state index contributed by atoms with van der Waals surface area (Å²) in [6, 6.07) is 0.380. The molecule has 0 saturated carbocycles. The Morgan fingerprint density at radius 1 is 1.06 bits per heavy atom. The first-order valence-electron chi connectivity index (χ1n) is 5.72. The summed E-state index contributed by atoms with van der Waals surface area (Å²) in [5.41, 5.74) is 0. The van der Waals surface area contributed by atoms with Gasteiger partial charge in [-0.2, -0.15) is 0 Å². The van der Waals surface area contributed by atoms with Crippen LogP contribution < -0.4 is 51.4 Å². The quantitative estimate of drug-likeness (QED) is 0.573. The van der Waals surface area contributed by atoms with Crippen molar-refractivity contribution in [3.63, 3.8) is 0 Å². The van der Waals surface area contributed by atoms with Gasteiger partial charge in [-0.1, -0.05) is 0 Å². The fourth-order valence-corrected chi connectivity index (χ4v) is 2.68. The summed E-state index contributed by atoms with van der Waals surface area (Å²) in [4.78, 5) is 3.91. The molecule has 0 amide bonds. The van der Waals surface area contributed by atoms with Gasteiger partial charge in [-0.15, -0.1) is 0 Å². The van der Waals surface area contributed by atoms with E-state index in [2.05, 4.69) is 4.90 Å². The smallest absolute Gasteiger partial charge is 0.448 e. The third-order valence-corrected chi connectivity index (χ3v) is 3.37. The fraction of sp³-hybridized carbons (Fsp3) is 1.00. The number of rotatable bonds is 3. The van der Waals surface area contributed by atoms with Crippen LogP contribution in [0.15, 0.2) is 0 Å². The summed E-state index contributed by atoms with van der Waals surface area (Å²) in [6.45, 7) is -1.26. The van der Waals surface area contributed by atoms with Gasteiger partial charge in [0.2, 0.25) is 0 Å². The molecule has 2 rings (SSSR count). The predicted octanol–water partition coefficient (Wildman–Crippen LogP) is -1.45. The van der Waals surface area contributed by atoms with E-state index >= 15 is 0 Å². The number of hydrogen-bond acceptors (Lipinski definition) is 2. The number of nitrogens with zero attached hydrogens (tertiary/aromatic N) is 2. The zero-order valence-corrected chi connectivity index (χ0v) is 13.0. The summed E-state index contributed by atoms with van der Waals surface area (Å²) in [6.07, 6.45) is 2.65. The molecule has 1 atom stereocenters. The summed E-state index contributed by atoms with van der Waals surface area (Å²) in [5.74, 6) is 0. The van der Waals surface area contributed by atoms with E-state index in [1.807, 2.05) is 0 Å². The molecule has 2 fully saturated rings. The van der Waals surface area contributed by atoms with Gasteiger partial charge in [0, 0.05) is 12.6 Å². The second-order valence-corrected chi connectivity index (χ2v) is 4.66. The number of likely N-dealkylation sites (tertiary alicyclic amines) is 2. The van der Waals surface area contributed by atoms with Crippen molar-refractivity contribution in [3.05, 3.63) is 0 Å². The normalized spacial score (nSPS) is 28.3. The molecule has 0 aromatic carbocycles. The van der Waals surface area contributed by atoms with Crippen molar-refractivity contribution < 1.29 is 64.3 Å². The van der Waals surface area contributed by atoms with E-state index in [4.69, 9.17) is 0 Å². The van der Waals surface area contributed by atoms with Gasteiger partial charge < -0.3 is 17.8 Å². The number of hydrogen-bond donors (Lipinski definition) is 0. The molecule has 0 spiro atoms. The molecule has 0 N–H and O–H groups in total. The molecule has 2 heterocycles. The molecular weight excluding hydrogens is 243 g/mol. The minimum absolute atomic E-state index is 0. The summed E-state index contributed by atoms with van der Waals surface area (Å²) < 4.78 is 36.7. The molecule has 7 heteroatoms. The molecule has 0 aliphatic carbocycles. The van der Waals surface area contributed by atoms with Gasteiger partial charge in [0.15, 0.2) is 0 Å². The van der Waals surface area contributed by atoms with Crippen LogP contribution in [0.2, 0.25) is 0 Å². The Morgan fingerprint density at radius 2 is 1.69 bits per heavy atom. The van der Waals surface area contributed by atoms with E-state index in [9.17, 15) is 12.9 Å². The number of halogens is 3. The van der Waals surface area contributed by atoms with Crippen molar-refractivity contribution in [2.75, 3.05) is 32.6 Å². The van der Waals surface area contributed by atoms with Crippen LogP contribution in [0.4, 0.5) is 12.9 Å². The van der Waals surface area contributed by atoms with Crippen molar-refractivity contribution in [1.29, 1.82) is 0 Å². The molecule has 2 nitrogen and oxygen atoms in total. The van der Waals surface area contributed by atoms with Crippen LogP contribution in [0.25, 0.3) is 0 Å². The maximum Gasteiger partial charge on any atom is 1.00 e. The zero-order valence-electron chi connectivity index (χ0n) is 9.84. The Bertz CT molecular complexity index is 221. The van der Waals surface area contributed by atoms with E-state index in [0.717, 1.165) is 19.5 Å². The standard InChI is InChI=1S/C9H17BF3N2.K/c11-10(12,13)8-14-6-3-9(7-14)15-4-1-2-5-15;/h9H,1-8H2;/q-1;+1. The second kappa shape index (κ2) is 6.54. The van der Waals surface area contributed by atoms with Crippen LogP contribution in [0.5, 0.6) is 0 Å². The van der Waals surface area contributed by atoms with E-state index < -0.39 is 13.4 Å². The minimum Gasteiger partial charge on any atom is -0.448 e. The monoisotopic (exact) mass is 260 g/mol. The Morgan fingerprint density at radius 3 is 2.25 bits per heavy atom. The van der Waals surface area contributed by atoms with E-state index in [1.165, 1.54) is 12.8 Å². The van der Waals surface area contributed by atoms with Crippen molar-refractivity contribution in [3.8, 4) is 0 Å². The SMILES string of the molecule is F[B-](F)(F)CN1CCC(N2CCCC2)C1.[K+]. The summed E-state index contributed by atoms with van der Waals surface area (Å²) in [7, 11) is 0. The Hall–Kier alpha value is 1.41. The summed E-state index contributed by atoms with van der Waals surface area (Å²) in [5, 5.41) is 0. The van der Waals surface area contributed by atoms with Crippen LogP contribution in [0.3, 0.4) is 0 Å². The Labute approximate surface area is 137 Å².